The van der Waals surface area contributed by atoms with Crippen LogP contribution in [0.15, 0.2) is 0 Å². The number of rotatable bonds is 11. The molecule has 2 rings (SSSR count). The van der Waals surface area contributed by atoms with E-state index in [1.165, 1.54) is 17.7 Å². The highest BCUT2D eigenvalue weighted by Gasteiger charge is 2.31. The van der Waals surface area contributed by atoms with Gasteiger partial charge in [-0.05, 0) is 64.6 Å². The lowest BCUT2D eigenvalue weighted by molar-refractivity contribution is -0.133. The van der Waals surface area contributed by atoms with Gasteiger partial charge in [-0.3, -0.25) is 14.5 Å². The van der Waals surface area contributed by atoms with Crippen LogP contribution in [0.5, 0.6) is 0 Å². The van der Waals surface area contributed by atoms with Crippen molar-refractivity contribution in [3.8, 4) is 0 Å². The molecule has 7 nitrogen and oxygen atoms in total. The SMILES string of the molecule is CCCCN(C(=O)NCCN1CCCC1)C(=O)C(CNC)CC1CCCC(=O)C1. The Morgan fingerprint density at radius 3 is 2.66 bits per heavy atom. The third kappa shape index (κ3) is 8.05. The zero-order valence-electron chi connectivity index (χ0n) is 18.4. The zero-order chi connectivity index (χ0) is 21.1. The minimum absolute atomic E-state index is 0.107. The van der Waals surface area contributed by atoms with E-state index in [9.17, 15) is 14.4 Å². The number of urea groups is 1. The molecule has 29 heavy (non-hydrogen) atoms. The number of ketones is 1. The van der Waals surface area contributed by atoms with Gasteiger partial charge in [-0.2, -0.15) is 0 Å². The summed E-state index contributed by atoms with van der Waals surface area (Å²) in [5, 5.41) is 6.07. The quantitative estimate of drug-likeness (QED) is 0.549. The van der Waals surface area contributed by atoms with E-state index < -0.39 is 0 Å². The van der Waals surface area contributed by atoms with Gasteiger partial charge in [-0.15, -0.1) is 0 Å². The maximum absolute atomic E-state index is 13.3. The monoisotopic (exact) mass is 408 g/mol. The molecule has 1 saturated heterocycles. The van der Waals surface area contributed by atoms with E-state index in [-0.39, 0.29) is 23.8 Å². The van der Waals surface area contributed by atoms with Crippen molar-refractivity contribution in [1.29, 1.82) is 0 Å². The fourth-order valence-electron chi connectivity index (χ4n) is 4.51. The zero-order valence-corrected chi connectivity index (χ0v) is 18.4. The summed E-state index contributed by atoms with van der Waals surface area (Å²) in [6, 6.07) is -0.275. The first kappa shape index (κ1) is 23.8. The lowest BCUT2D eigenvalue weighted by atomic mass is 9.81. The minimum Gasteiger partial charge on any atom is -0.336 e. The first-order chi connectivity index (χ1) is 14.0. The molecule has 1 aliphatic heterocycles. The molecule has 2 fully saturated rings. The number of hydrogen-bond acceptors (Lipinski definition) is 5. The molecule has 2 unspecified atom stereocenters. The summed E-state index contributed by atoms with van der Waals surface area (Å²) in [5.74, 6) is 0.186. The lowest BCUT2D eigenvalue weighted by Gasteiger charge is -2.29. The summed E-state index contributed by atoms with van der Waals surface area (Å²) in [5.41, 5.74) is 0. The molecular formula is C22H40N4O3. The molecule has 0 bridgehead atoms. The van der Waals surface area contributed by atoms with Gasteiger partial charge in [0.25, 0.3) is 0 Å². The van der Waals surface area contributed by atoms with E-state index >= 15 is 0 Å². The second kappa shape index (κ2) is 13.0. The van der Waals surface area contributed by atoms with Gasteiger partial charge >= 0.3 is 6.03 Å². The van der Waals surface area contributed by atoms with Gasteiger partial charge in [-0.1, -0.05) is 13.3 Å². The van der Waals surface area contributed by atoms with Gasteiger partial charge in [0.2, 0.25) is 5.91 Å². The molecule has 7 heteroatoms. The van der Waals surface area contributed by atoms with Crippen LogP contribution in [0.2, 0.25) is 0 Å². The first-order valence-corrected chi connectivity index (χ1v) is 11.5. The molecule has 1 saturated carbocycles. The first-order valence-electron chi connectivity index (χ1n) is 11.5. The number of Topliss-reactive ketones (excluding diaryl/α,β-unsaturated/α-hetero) is 1. The topological polar surface area (TPSA) is 81.8 Å². The van der Waals surface area contributed by atoms with E-state index in [1.807, 2.05) is 7.05 Å². The molecule has 2 N–H and O–H groups in total. The summed E-state index contributed by atoms with van der Waals surface area (Å²) in [6.07, 6.45) is 8.02. The van der Waals surface area contributed by atoms with Crippen LogP contribution in [0, 0.1) is 11.8 Å². The number of hydrogen-bond donors (Lipinski definition) is 2. The lowest BCUT2D eigenvalue weighted by Crippen LogP contribution is -2.50. The van der Waals surface area contributed by atoms with Crippen molar-refractivity contribution >= 4 is 17.7 Å². The largest absolute Gasteiger partial charge is 0.336 e. The number of carbonyl (C=O) groups excluding carboxylic acids is 3. The van der Waals surface area contributed by atoms with Crippen molar-refractivity contribution in [3.63, 3.8) is 0 Å². The fraction of sp³-hybridized carbons (Fsp3) is 0.864. The van der Waals surface area contributed by atoms with E-state index in [2.05, 4.69) is 22.5 Å². The van der Waals surface area contributed by atoms with Gasteiger partial charge < -0.3 is 15.5 Å². The summed E-state index contributed by atoms with van der Waals surface area (Å²) >= 11 is 0. The van der Waals surface area contributed by atoms with Crippen molar-refractivity contribution in [2.45, 2.75) is 64.7 Å². The highest BCUT2D eigenvalue weighted by molar-refractivity contribution is 5.95. The van der Waals surface area contributed by atoms with Gasteiger partial charge in [0.05, 0.1) is 5.92 Å². The summed E-state index contributed by atoms with van der Waals surface area (Å²) in [7, 11) is 1.83. The molecule has 2 atom stereocenters. The van der Waals surface area contributed by atoms with E-state index in [0.717, 1.165) is 45.3 Å². The molecule has 1 aliphatic carbocycles. The van der Waals surface area contributed by atoms with E-state index in [0.29, 0.717) is 44.7 Å². The highest BCUT2D eigenvalue weighted by atomic mass is 16.2. The Labute approximate surface area is 175 Å². The van der Waals surface area contributed by atoms with Crippen LogP contribution in [0.1, 0.15) is 64.7 Å². The molecule has 2 aliphatic rings. The van der Waals surface area contributed by atoms with Crippen molar-refractivity contribution in [1.82, 2.24) is 20.4 Å². The van der Waals surface area contributed by atoms with Gasteiger partial charge in [0.15, 0.2) is 0 Å². The van der Waals surface area contributed by atoms with Crippen molar-refractivity contribution in [2.75, 3.05) is 46.3 Å². The Balaban J connectivity index is 1.94. The standard InChI is InChI=1S/C22H40N4O3/c1-3-4-13-26(22(29)24-10-14-25-11-5-6-12-25)21(28)19(17-23-2)15-18-8-7-9-20(27)16-18/h18-19,23H,3-17H2,1-2H3,(H,24,29). The number of likely N-dealkylation sites (tertiary alicyclic amines) is 1. The number of imide groups is 1. The second-order valence-corrected chi connectivity index (χ2v) is 8.62. The molecular weight excluding hydrogens is 368 g/mol. The van der Waals surface area contributed by atoms with Gasteiger partial charge in [0, 0.05) is 39.0 Å². The van der Waals surface area contributed by atoms with Crippen LogP contribution in [-0.2, 0) is 9.59 Å². The van der Waals surface area contributed by atoms with Crippen molar-refractivity contribution < 1.29 is 14.4 Å². The maximum Gasteiger partial charge on any atom is 0.324 e. The Hall–Kier alpha value is -1.47. The molecule has 1 heterocycles. The van der Waals surface area contributed by atoms with Crippen LogP contribution in [0.3, 0.4) is 0 Å². The molecule has 3 amide bonds. The molecule has 0 aromatic heterocycles. The van der Waals surface area contributed by atoms with Crippen LogP contribution in [0.4, 0.5) is 4.79 Å². The molecule has 0 radical (unpaired) electrons. The number of nitrogens with one attached hydrogen (secondary N) is 2. The minimum atomic E-state index is -0.275. The number of unbranched alkanes of at least 4 members (excludes halogenated alkanes) is 1. The predicted octanol–water partition coefficient (Wildman–Crippen LogP) is 2.41. The van der Waals surface area contributed by atoms with Crippen LogP contribution in [-0.4, -0.2) is 73.8 Å². The van der Waals surface area contributed by atoms with E-state index in [1.54, 1.807) is 0 Å². The summed E-state index contributed by atoms with van der Waals surface area (Å²) in [4.78, 5) is 41.7. The van der Waals surface area contributed by atoms with Crippen molar-refractivity contribution in [3.05, 3.63) is 0 Å². The fourth-order valence-corrected chi connectivity index (χ4v) is 4.51. The van der Waals surface area contributed by atoms with Crippen LogP contribution in [0.25, 0.3) is 0 Å². The summed E-state index contributed by atoms with van der Waals surface area (Å²) < 4.78 is 0. The van der Waals surface area contributed by atoms with Gasteiger partial charge in [0.1, 0.15) is 5.78 Å². The average molecular weight is 409 g/mol. The smallest absolute Gasteiger partial charge is 0.324 e. The number of amides is 3. The Kier molecular flexibility index (Phi) is 10.6. The average Bonchev–Trinajstić information content (AvgIpc) is 3.21. The van der Waals surface area contributed by atoms with Crippen LogP contribution >= 0.6 is 0 Å². The normalized spacial score (nSPS) is 21.2. The third-order valence-electron chi connectivity index (χ3n) is 6.15. The molecule has 166 valence electrons. The van der Waals surface area contributed by atoms with E-state index in [4.69, 9.17) is 0 Å². The number of nitrogens with zero attached hydrogens (tertiary/aromatic N) is 2. The molecule has 0 aromatic rings. The Morgan fingerprint density at radius 2 is 2.00 bits per heavy atom. The maximum atomic E-state index is 13.3. The van der Waals surface area contributed by atoms with Gasteiger partial charge in [-0.25, -0.2) is 4.79 Å². The Morgan fingerprint density at radius 1 is 1.24 bits per heavy atom. The molecule has 0 aromatic carbocycles. The molecule has 0 spiro atoms. The third-order valence-corrected chi connectivity index (χ3v) is 6.15. The van der Waals surface area contributed by atoms with Crippen LogP contribution < -0.4 is 10.6 Å². The number of carbonyl (C=O) groups is 3. The highest BCUT2D eigenvalue weighted by Crippen LogP contribution is 2.28. The second-order valence-electron chi connectivity index (χ2n) is 8.62. The summed E-state index contributed by atoms with van der Waals surface area (Å²) in [6.45, 7) is 6.65. The predicted molar refractivity (Wildman–Crippen MR) is 115 cm³/mol. The Bertz CT molecular complexity index is 534. The van der Waals surface area contributed by atoms with Crippen molar-refractivity contribution in [2.24, 2.45) is 11.8 Å².